The third-order valence-electron chi connectivity index (χ3n) is 2.76. The molecule has 0 aliphatic carbocycles. The van der Waals surface area contributed by atoms with Crippen molar-refractivity contribution in [2.45, 2.75) is 13.0 Å². The SMILES string of the molecule is COCCNCc1cc(F)cc(OCCCN(C)C)c1. The third kappa shape index (κ3) is 7.43. The van der Waals surface area contributed by atoms with E-state index >= 15 is 0 Å². The Bertz CT molecular complexity index is 386. The van der Waals surface area contributed by atoms with Gasteiger partial charge in [0, 0.05) is 32.8 Å². The van der Waals surface area contributed by atoms with Crippen molar-refractivity contribution in [3.8, 4) is 5.75 Å². The Kier molecular flexibility index (Phi) is 8.18. The van der Waals surface area contributed by atoms with Crippen LogP contribution in [0.15, 0.2) is 18.2 Å². The fourth-order valence-corrected chi connectivity index (χ4v) is 1.78. The molecule has 0 spiro atoms. The highest BCUT2D eigenvalue weighted by molar-refractivity contribution is 5.29. The molecule has 0 aliphatic heterocycles. The van der Waals surface area contributed by atoms with Crippen LogP contribution in [0.25, 0.3) is 0 Å². The molecule has 0 bridgehead atoms. The third-order valence-corrected chi connectivity index (χ3v) is 2.76. The van der Waals surface area contributed by atoms with Gasteiger partial charge in [-0.1, -0.05) is 0 Å². The molecule has 0 saturated carbocycles. The molecule has 0 saturated heterocycles. The zero-order valence-corrected chi connectivity index (χ0v) is 12.6. The maximum absolute atomic E-state index is 13.5. The molecular weight excluding hydrogens is 259 g/mol. The normalized spacial score (nSPS) is 11.1. The van der Waals surface area contributed by atoms with Gasteiger partial charge in [0.1, 0.15) is 11.6 Å². The van der Waals surface area contributed by atoms with Gasteiger partial charge in [0.25, 0.3) is 0 Å². The summed E-state index contributed by atoms with van der Waals surface area (Å²) in [6.45, 7) is 3.54. The number of methoxy groups -OCH3 is 1. The van der Waals surface area contributed by atoms with Crippen molar-refractivity contribution in [2.24, 2.45) is 0 Å². The van der Waals surface area contributed by atoms with E-state index in [9.17, 15) is 4.39 Å². The quantitative estimate of drug-likeness (QED) is 0.665. The van der Waals surface area contributed by atoms with Crippen LogP contribution in [-0.2, 0) is 11.3 Å². The Labute approximate surface area is 120 Å². The van der Waals surface area contributed by atoms with Crippen molar-refractivity contribution in [2.75, 3.05) is 47.5 Å². The second-order valence-electron chi connectivity index (χ2n) is 4.97. The second kappa shape index (κ2) is 9.69. The molecule has 4 nitrogen and oxygen atoms in total. The van der Waals surface area contributed by atoms with Crippen molar-refractivity contribution in [3.05, 3.63) is 29.6 Å². The Morgan fingerprint density at radius 1 is 1.20 bits per heavy atom. The van der Waals surface area contributed by atoms with Crippen molar-refractivity contribution in [1.29, 1.82) is 0 Å². The molecular formula is C15H25FN2O2. The van der Waals surface area contributed by atoms with Gasteiger partial charge in [0.15, 0.2) is 0 Å². The number of nitrogens with zero attached hydrogens (tertiary/aromatic N) is 1. The van der Waals surface area contributed by atoms with Crippen LogP contribution in [0.1, 0.15) is 12.0 Å². The largest absolute Gasteiger partial charge is 0.493 e. The lowest BCUT2D eigenvalue weighted by Gasteiger charge is -2.11. The molecule has 0 atom stereocenters. The second-order valence-corrected chi connectivity index (χ2v) is 4.97. The highest BCUT2D eigenvalue weighted by Gasteiger charge is 2.02. The Morgan fingerprint density at radius 3 is 2.70 bits per heavy atom. The molecule has 0 aliphatic rings. The summed E-state index contributed by atoms with van der Waals surface area (Å²) in [5, 5.41) is 3.19. The Morgan fingerprint density at radius 2 is 2.00 bits per heavy atom. The highest BCUT2D eigenvalue weighted by atomic mass is 19.1. The number of ether oxygens (including phenoxy) is 2. The summed E-state index contributed by atoms with van der Waals surface area (Å²) >= 11 is 0. The lowest BCUT2D eigenvalue weighted by Crippen LogP contribution is -2.18. The average Bonchev–Trinajstić information content (AvgIpc) is 2.39. The first-order chi connectivity index (χ1) is 9.61. The van der Waals surface area contributed by atoms with E-state index in [-0.39, 0.29) is 5.82 Å². The zero-order valence-electron chi connectivity index (χ0n) is 12.6. The van der Waals surface area contributed by atoms with Gasteiger partial charge in [-0.3, -0.25) is 0 Å². The minimum absolute atomic E-state index is 0.265. The fourth-order valence-electron chi connectivity index (χ4n) is 1.78. The van der Waals surface area contributed by atoms with Crippen molar-refractivity contribution in [3.63, 3.8) is 0 Å². The predicted molar refractivity (Wildman–Crippen MR) is 78.6 cm³/mol. The van der Waals surface area contributed by atoms with Gasteiger partial charge in [-0.15, -0.1) is 0 Å². The summed E-state index contributed by atoms with van der Waals surface area (Å²) < 4.78 is 24.0. The molecule has 5 heteroatoms. The molecule has 0 radical (unpaired) electrons. The standard InChI is InChI=1S/C15H25FN2O2/c1-18(2)6-4-7-20-15-10-13(9-14(16)11-15)12-17-5-8-19-3/h9-11,17H,4-8,12H2,1-3H3. The van der Waals surface area contributed by atoms with Crippen molar-refractivity contribution < 1.29 is 13.9 Å². The van der Waals surface area contributed by atoms with Gasteiger partial charge in [-0.25, -0.2) is 4.39 Å². The molecule has 20 heavy (non-hydrogen) atoms. The van der Waals surface area contributed by atoms with Gasteiger partial charge in [0.05, 0.1) is 13.2 Å². The number of halogens is 1. The molecule has 1 aromatic carbocycles. The van der Waals surface area contributed by atoms with E-state index in [2.05, 4.69) is 10.2 Å². The minimum atomic E-state index is -0.265. The Hall–Kier alpha value is -1.17. The van der Waals surface area contributed by atoms with E-state index in [1.54, 1.807) is 7.11 Å². The topological polar surface area (TPSA) is 33.7 Å². The van der Waals surface area contributed by atoms with Crippen LogP contribution in [0.4, 0.5) is 4.39 Å². The van der Waals surface area contributed by atoms with Gasteiger partial charge in [-0.05, 0) is 38.2 Å². The molecule has 114 valence electrons. The molecule has 1 aromatic rings. The molecule has 0 amide bonds. The van der Waals surface area contributed by atoms with E-state index in [1.807, 2.05) is 20.2 Å². The van der Waals surface area contributed by atoms with Gasteiger partial charge >= 0.3 is 0 Å². The summed E-state index contributed by atoms with van der Waals surface area (Å²) in [7, 11) is 5.70. The zero-order chi connectivity index (χ0) is 14.8. The summed E-state index contributed by atoms with van der Waals surface area (Å²) in [6, 6.07) is 4.82. The fraction of sp³-hybridized carbons (Fsp3) is 0.600. The first-order valence-electron chi connectivity index (χ1n) is 6.88. The van der Waals surface area contributed by atoms with Crippen LogP contribution < -0.4 is 10.1 Å². The Balaban J connectivity index is 2.40. The number of hydrogen-bond donors (Lipinski definition) is 1. The maximum Gasteiger partial charge on any atom is 0.127 e. The van der Waals surface area contributed by atoms with E-state index in [0.717, 1.165) is 25.1 Å². The van der Waals surface area contributed by atoms with Crippen LogP contribution in [0.2, 0.25) is 0 Å². The van der Waals surface area contributed by atoms with Crippen LogP contribution in [-0.4, -0.2) is 52.4 Å². The molecule has 0 fully saturated rings. The van der Waals surface area contributed by atoms with Gasteiger partial charge < -0.3 is 19.7 Å². The van der Waals surface area contributed by atoms with Crippen LogP contribution in [0.5, 0.6) is 5.75 Å². The van der Waals surface area contributed by atoms with E-state index in [0.29, 0.717) is 25.5 Å². The van der Waals surface area contributed by atoms with Crippen LogP contribution >= 0.6 is 0 Å². The molecule has 0 heterocycles. The van der Waals surface area contributed by atoms with Crippen molar-refractivity contribution in [1.82, 2.24) is 10.2 Å². The average molecular weight is 284 g/mol. The molecule has 1 rings (SSSR count). The lowest BCUT2D eigenvalue weighted by atomic mass is 10.2. The van der Waals surface area contributed by atoms with E-state index in [1.165, 1.54) is 12.1 Å². The summed E-state index contributed by atoms with van der Waals surface area (Å²) in [5.74, 6) is 0.325. The lowest BCUT2D eigenvalue weighted by molar-refractivity contribution is 0.199. The van der Waals surface area contributed by atoms with E-state index in [4.69, 9.17) is 9.47 Å². The summed E-state index contributed by atoms with van der Waals surface area (Å²) in [4.78, 5) is 2.10. The maximum atomic E-state index is 13.5. The number of rotatable bonds is 10. The number of benzene rings is 1. The summed E-state index contributed by atoms with van der Waals surface area (Å²) in [6.07, 6.45) is 0.922. The number of nitrogens with one attached hydrogen (secondary N) is 1. The highest BCUT2D eigenvalue weighted by Crippen LogP contribution is 2.16. The molecule has 0 unspecified atom stereocenters. The molecule has 0 aromatic heterocycles. The minimum Gasteiger partial charge on any atom is -0.493 e. The first kappa shape index (κ1) is 16.9. The van der Waals surface area contributed by atoms with Crippen LogP contribution in [0, 0.1) is 5.82 Å². The van der Waals surface area contributed by atoms with Crippen molar-refractivity contribution >= 4 is 0 Å². The predicted octanol–water partition coefficient (Wildman–Crippen LogP) is 1.89. The summed E-state index contributed by atoms with van der Waals surface area (Å²) in [5.41, 5.74) is 0.878. The molecule has 1 N–H and O–H groups in total. The van der Waals surface area contributed by atoms with Gasteiger partial charge in [-0.2, -0.15) is 0 Å². The first-order valence-corrected chi connectivity index (χ1v) is 6.88. The van der Waals surface area contributed by atoms with E-state index < -0.39 is 0 Å². The number of hydrogen-bond acceptors (Lipinski definition) is 4. The van der Waals surface area contributed by atoms with Gasteiger partial charge in [0.2, 0.25) is 0 Å². The monoisotopic (exact) mass is 284 g/mol. The smallest absolute Gasteiger partial charge is 0.127 e. The van der Waals surface area contributed by atoms with Crippen LogP contribution in [0.3, 0.4) is 0 Å².